The van der Waals surface area contributed by atoms with Crippen molar-refractivity contribution in [1.82, 2.24) is 0 Å². The van der Waals surface area contributed by atoms with Crippen LogP contribution in [0.25, 0.3) is 6.08 Å². The smallest absolute Gasteiger partial charge is 0.331 e. The van der Waals surface area contributed by atoms with Crippen LogP contribution in [0.1, 0.15) is 18.1 Å². The highest BCUT2D eigenvalue weighted by Gasteiger charge is 2.50. The van der Waals surface area contributed by atoms with Gasteiger partial charge in [-0.3, -0.25) is 0 Å². The van der Waals surface area contributed by atoms with E-state index in [4.69, 9.17) is 23.7 Å². The fourth-order valence-electron chi connectivity index (χ4n) is 4.99. The number of benzene rings is 2. The summed E-state index contributed by atoms with van der Waals surface area (Å²) in [6.07, 6.45) is -11.1. The lowest BCUT2D eigenvalue weighted by molar-refractivity contribution is -0.315. The monoisotopic (exact) mass is 638 g/mol. The Morgan fingerprint density at radius 1 is 0.800 bits per heavy atom. The van der Waals surface area contributed by atoms with E-state index in [1.807, 2.05) is 0 Å². The summed E-state index contributed by atoms with van der Waals surface area (Å²) in [4.78, 5) is 12.8. The summed E-state index contributed by atoms with van der Waals surface area (Å²) in [5.41, 5.74) is 0.948. The molecule has 0 unspecified atom stereocenters. The van der Waals surface area contributed by atoms with Crippen LogP contribution in [0.4, 0.5) is 0 Å². The van der Waals surface area contributed by atoms with Gasteiger partial charge in [-0.2, -0.15) is 0 Å². The molecule has 0 spiro atoms. The molecular formula is C30H38O15. The Morgan fingerprint density at radius 2 is 1.49 bits per heavy atom. The first-order chi connectivity index (χ1) is 21.4. The van der Waals surface area contributed by atoms with E-state index in [0.29, 0.717) is 11.1 Å². The van der Waals surface area contributed by atoms with Gasteiger partial charge in [0.2, 0.25) is 0 Å². The normalized spacial score (nSPS) is 32.0. The number of ether oxygens (including phenoxy) is 5. The van der Waals surface area contributed by atoms with Crippen molar-refractivity contribution in [2.24, 2.45) is 0 Å². The van der Waals surface area contributed by atoms with Crippen LogP contribution in [0.2, 0.25) is 0 Å². The van der Waals surface area contributed by atoms with Crippen LogP contribution in [0.15, 0.2) is 42.5 Å². The Balaban J connectivity index is 1.49. The minimum atomic E-state index is -1.62. The van der Waals surface area contributed by atoms with E-state index in [1.165, 1.54) is 43.3 Å². The van der Waals surface area contributed by atoms with E-state index in [0.717, 1.165) is 6.08 Å². The summed E-state index contributed by atoms with van der Waals surface area (Å²) in [5.74, 6) is -2.32. The van der Waals surface area contributed by atoms with Crippen LogP contribution in [0.3, 0.4) is 0 Å². The molecule has 2 fully saturated rings. The largest absolute Gasteiger partial charge is 0.504 e. The number of aliphatic hydroxyl groups excluding tert-OH is 5. The standard InChI is InChI=1S/C30H38O15/c1-14-24(37)26(39)25(38)22(43-14)13-42-29-27(40)30(41-9-8-16-3-6-18(33)20(35)11-16)44-21(12-31)28(29)45-23(36)7-4-15-2-5-17(32)19(34)10-15/h2-7,10-11,14,21-22,24-35,37-40H,8-9,12-13H2,1H3/t14-,21-,22+,24+,25+,26-,27-,28-,29+,30-/m1/s1. The Labute approximate surface area is 257 Å². The first kappa shape index (κ1) is 34.4. The number of phenols is 4. The molecular weight excluding hydrogens is 600 g/mol. The lowest BCUT2D eigenvalue weighted by atomic mass is 9.95. The van der Waals surface area contributed by atoms with E-state index in [2.05, 4.69) is 0 Å². The lowest BCUT2D eigenvalue weighted by Crippen LogP contribution is -2.63. The zero-order chi connectivity index (χ0) is 32.8. The average Bonchev–Trinajstić information content (AvgIpc) is 3.01. The van der Waals surface area contributed by atoms with Crippen LogP contribution in [-0.2, 0) is 34.9 Å². The highest BCUT2D eigenvalue weighted by Crippen LogP contribution is 2.30. The number of hydrogen-bond acceptors (Lipinski definition) is 15. The SMILES string of the molecule is C[C@H]1O[C@@H](CO[C@H]2[C@@H](O)[C@H](OCCc3ccc(O)c(O)c3)O[C@H](CO)[C@H]2OC(=O)C=Cc2ccc(O)c(O)c2)[C@H](O)[C@H](O)[C@H]1O. The Morgan fingerprint density at radius 3 is 2.16 bits per heavy atom. The van der Waals surface area contributed by atoms with Crippen molar-refractivity contribution in [3.8, 4) is 23.0 Å². The van der Waals surface area contributed by atoms with Crippen molar-refractivity contribution in [3.63, 3.8) is 0 Å². The summed E-state index contributed by atoms with van der Waals surface area (Å²) < 4.78 is 28.4. The number of carbonyl (C=O) groups is 1. The molecule has 45 heavy (non-hydrogen) atoms. The maximum absolute atomic E-state index is 12.8. The molecule has 4 rings (SSSR count). The summed E-state index contributed by atoms with van der Waals surface area (Å²) in [5, 5.41) is 90.4. The van der Waals surface area contributed by atoms with Gasteiger partial charge in [-0.1, -0.05) is 12.1 Å². The molecule has 0 aliphatic carbocycles. The quantitative estimate of drug-likeness (QED) is 0.0816. The summed E-state index contributed by atoms with van der Waals surface area (Å²) in [6, 6.07) is 8.06. The van der Waals surface area contributed by atoms with Gasteiger partial charge in [0.25, 0.3) is 0 Å². The molecule has 0 saturated carbocycles. The molecule has 9 N–H and O–H groups in total. The third kappa shape index (κ3) is 8.40. The van der Waals surface area contributed by atoms with Gasteiger partial charge in [0.15, 0.2) is 35.4 Å². The third-order valence-electron chi connectivity index (χ3n) is 7.57. The van der Waals surface area contributed by atoms with Gasteiger partial charge < -0.3 is 69.6 Å². The maximum atomic E-state index is 12.8. The zero-order valence-corrected chi connectivity index (χ0v) is 24.2. The predicted molar refractivity (Wildman–Crippen MR) is 152 cm³/mol. The predicted octanol–water partition coefficient (Wildman–Crippen LogP) is -0.973. The topological polar surface area (TPSA) is 245 Å². The van der Waals surface area contributed by atoms with Gasteiger partial charge in [0.05, 0.1) is 25.9 Å². The van der Waals surface area contributed by atoms with Crippen LogP contribution in [-0.4, -0.2) is 133 Å². The van der Waals surface area contributed by atoms with E-state index >= 15 is 0 Å². The molecule has 2 aliphatic rings. The number of aromatic hydroxyl groups is 4. The molecule has 0 radical (unpaired) electrons. The number of rotatable bonds is 11. The zero-order valence-electron chi connectivity index (χ0n) is 24.2. The van der Waals surface area contributed by atoms with Crippen molar-refractivity contribution >= 4 is 12.0 Å². The maximum Gasteiger partial charge on any atom is 0.331 e. The number of carbonyl (C=O) groups excluding carboxylic acids is 1. The molecule has 0 bridgehead atoms. The fourth-order valence-corrected chi connectivity index (χ4v) is 4.99. The molecule has 2 aromatic carbocycles. The van der Waals surface area contributed by atoms with Crippen LogP contribution in [0, 0.1) is 0 Å². The molecule has 2 heterocycles. The van der Waals surface area contributed by atoms with Gasteiger partial charge >= 0.3 is 5.97 Å². The molecule has 248 valence electrons. The minimum absolute atomic E-state index is 0.0461. The molecule has 15 heteroatoms. The molecule has 2 aromatic rings. The van der Waals surface area contributed by atoms with Crippen molar-refractivity contribution in [1.29, 1.82) is 0 Å². The molecule has 2 saturated heterocycles. The van der Waals surface area contributed by atoms with Gasteiger partial charge in [0, 0.05) is 6.08 Å². The molecule has 0 aromatic heterocycles. The highest BCUT2D eigenvalue weighted by atomic mass is 16.7. The van der Waals surface area contributed by atoms with E-state index in [1.54, 1.807) is 6.07 Å². The van der Waals surface area contributed by atoms with E-state index in [9.17, 15) is 50.8 Å². The average molecular weight is 639 g/mol. The van der Waals surface area contributed by atoms with Gasteiger partial charge in [-0.05, 0) is 54.8 Å². The third-order valence-corrected chi connectivity index (χ3v) is 7.57. The highest BCUT2D eigenvalue weighted by molar-refractivity contribution is 5.87. The van der Waals surface area contributed by atoms with Gasteiger partial charge in [0.1, 0.15) is 42.7 Å². The number of phenolic OH excluding ortho intramolecular Hbond substituents is 4. The minimum Gasteiger partial charge on any atom is -0.504 e. The molecule has 15 nitrogen and oxygen atoms in total. The van der Waals surface area contributed by atoms with Crippen molar-refractivity contribution in [2.75, 3.05) is 19.8 Å². The summed E-state index contributed by atoms with van der Waals surface area (Å²) >= 11 is 0. The van der Waals surface area contributed by atoms with Crippen LogP contribution >= 0.6 is 0 Å². The molecule has 10 atom stereocenters. The lowest BCUT2D eigenvalue weighted by Gasteiger charge is -2.44. The van der Waals surface area contributed by atoms with Crippen molar-refractivity contribution in [3.05, 3.63) is 53.6 Å². The molecule has 0 amide bonds. The Hall–Kier alpha value is -3.51. The van der Waals surface area contributed by atoms with E-state index < -0.39 is 86.2 Å². The first-order valence-corrected chi connectivity index (χ1v) is 14.2. The van der Waals surface area contributed by atoms with Crippen LogP contribution in [0.5, 0.6) is 23.0 Å². The number of aliphatic hydroxyl groups is 5. The number of hydrogen-bond donors (Lipinski definition) is 9. The first-order valence-electron chi connectivity index (χ1n) is 14.2. The van der Waals surface area contributed by atoms with Crippen molar-refractivity contribution in [2.45, 2.75) is 74.6 Å². The van der Waals surface area contributed by atoms with Crippen molar-refractivity contribution < 1.29 is 74.4 Å². The Kier molecular flexibility index (Phi) is 11.6. The second-order valence-electron chi connectivity index (χ2n) is 10.8. The summed E-state index contributed by atoms with van der Waals surface area (Å²) in [7, 11) is 0. The second-order valence-corrected chi connectivity index (χ2v) is 10.8. The van der Waals surface area contributed by atoms with Gasteiger partial charge in [-0.15, -0.1) is 0 Å². The number of esters is 1. The van der Waals surface area contributed by atoms with Crippen LogP contribution < -0.4 is 0 Å². The Bertz CT molecular complexity index is 1320. The summed E-state index contributed by atoms with van der Waals surface area (Å²) in [6.45, 7) is 0.303. The second kappa shape index (κ2) is 15.2. The molecule has 2 aliphatic heterocycles. The van der Waals surface area contributed by atoms with E-state index in [-0.39, 0.29) is 30.3 Å². The van der Waals surface area contributed by atoms with Gasteiger partial charge in [-0.25, -0.2) is 4.79 Å². The fraction of sp³-hybridized carbons (Fsp3) is 0.500.